The van der Waals surface area contributed by atoms with Crippen molar-refractivity contribution in [3.8, 4) is 0 Å². The zero-order valence-electron chi connectivity index (χ0n) is 9.80. The predicted octanol–water partition coefficient (Wildman–Crippen LogP) is 2.32. The standard InChI is InChI=1S/C12H13ClN4O/c1-8(17-6-2-5-15-17)12(18)16-9-3-4-10(13)11(14)7-9/h2-8H,14H2,1H3,(H,16,18). The molecule has 1 amide bonds. The van der Waals surface area contributed by atoms with E-state index in [0.29, 0.717) is 16.4 Å². The number of hydrogen-bond acceptors (Lipinski definition) is 3. The van der Waals surface area contributed by atoms with Crippen molar-refractivity contribution in [2.24, 2.45) is 0 Å². The highest BCUT2D eigenvalue weighted by Crippen LogP contribution is 2.22. The number of amides is 1. The monoisotopic (exact) mass is 264 g/mol. The van der Waals surface area contributed by atoms with Crippen LogP contribution in [0.1, 0.15) is 13.0 Å². The van der Waals surface area contributed by atoms with Crippen molar-refractivity contribution in [1.29, 1.82) is 0 Å². The van der Waals surface area contributed by atoms with E-state index in [4.69, 9.17) is 17.3 Å². The van der Waals surface area contributed by atoms with Gasteiger partial charge in [-0.3, -0.25) is 9.48 Å². The molecule has 1 unspecified atom stereocenters. The van der Waals surface area contributed by atoms with Gasteiger partial charge in [0.15, 0.2) is 0 Å². The summed E-state index contributed by atoms with van der Waals surface area (Å²) >= 11 is 5.81. The summed E-state index contributed by atoms with van der Waals surface area (Å²) in [6, 6.07) is 6.34. The summed E-state index contributed by atoms with van der Waals surface area (Å²) in [7, 11) is 0. The normalized spacial score (nSPS) is 12.1. The maximum absolute atomic E-state index is 12.0. The Balaban J connectivity index is 2.09. The first kappa shape index (κ1) is 12.4. The Hall–Kier alpha value is -2.01. The second kappa shape index (κ2) is 5.10. The van der Waals surface area contributed by atoms with E-state index >= 15 is 0 Å². The van der Waals surface area contributed by atoms with E-state index in [0.717, 1.165) is 0 Å². The minimum Gasteiger partial charge on any atom is -0.397 e. The van der Waals surface area contributed by atoms with Crippen LogP contribution in [0.5, 0.6) is 0 Å². The number of benzene rings is 1. The third-order valence-electron chi connectivity index (χ3n) is 2.56. The van der Waals surface area contributed by atoms with E-state index in [2.05, 4.69) is 10.4 Å². The minimum atomic E-state index is -0.392. The zero-order chi connectivity index (χ0) is 13.1. The molecule has 1 atom stereocenters. The first-order valence-electron chi connectivity index (χ1n) is 5.43. The maximum atomic E-state index is 12.0. The van der Waals surface area contributed by atoms with E-state index in [1.165, 1.54) is 0 Å². The van der Waals surface area contributed by atoms with Gasteiger partial charge in [0.25, 0.3) is 0 Å². The third kappa shape index (κ3) is 2.62. The molecule has 0 fully saturated rings. The van der Waals surface area contributed by atoms with Crippen molar-refractivity contribution < 1.29 is 4.79 Å². The fourth-order valence-electron chi connectivity index (χ4n) is 1.50. The van der Waals surface area contributed by atoms with Crippen LogP contribution in [0.3, 0.4) is 0 Å². The molecule has 94 valence electrons. The minimum absolute atomic E-state index is 0.166. The fourth-order valence-corrected chi connectivity index (χ4v) is 1.62. The second-order valence-corrected chi connectivity index (χ2v) is 4.29. The number of aromatic nitrogens is 2. The summed E-state index contributed by atoms with van der Waals surface area (Å²) in [5.74, 6) is -0.166. The molecule has 2 rings (SSSR count). The Kier molecular flexibility index (Phi) is 3.53. The average molecular weight is 265 g/mol. The summed E-state index contributed by atoms with van der Waals surface area (Å²) in [5.41, 5.74) is 6.71. The summed E-state index contributed by atoms with van der Waals surface area (Å²) < 4.78 is 1.58. The molecule has 0 saturated heterocycles. The van der Waals surface area contributed by atoms with E-state index in [1.807, 2.05) is 0 Å². The van der Waals surface area contributed by atoms with Gasteiger partial charge in [0.2, 0.25) is 5.91 Å². The van der Waals surface area contributed by atoms with Crippen LogP contribution in [-0.4, -0.2) is 15.7 Å². The Morgan fingerprint density at radius 3 is 2.94 bits per heavy atom. The molecule has 0 spiro atoms. The Labute approximate surface area is 110 Å². The van der Waals surface area contributed by atoms with E-state index in [9.17, 15) is 4.79 Å². The number of carbonyl (C=O) groups is 1. The van der Waals surface area contributed by atoms with Crippen molar-refractivity contribution in [3.63, 3.8) is 0 Å². The van der Waals surface area contributed by atoms with Gasteiger partial charge in [-0.2, -0.15) is 5.10 Å². The van der Waals surface area contributed by atoms with Crippen LogP contribution in [0.4, 0.5) is 11.4 Å². The molecule has 0 bridgehead atoms. The number of halogens is 1. The molecule has 1 aromatic heterocycles. The molecule has 0 radical (unpaired) electrons. The number of nitrogens with two attached hydrogens (primary N) is 1. The summed E-state index contributed by atoms with van der Waals surface area (Å²) in [5, 5.41) is 7.25. The lowest BCUT2D eigenvalue weighted by atomic mass is 10.2. The van der Waals surface area contributed by atoms with Crippen molar-refractivity contribution in [1.82, 2.24) is 9.78 Å². The predicted molar refractivity (Wildman–Crippen MR) is 71.4 cm³/mol. The molecule has 1 aromatic carbocycles. The highest BCUT2D eigenvalue weighted by atomic mass is 35.5. The van der Waals surface area contributed by atoms with Gasteiger partial charge >= 0.3 is 0 Å². The molecular weight excluding hydrogens is 252 g/mol. The summed E-state index contributed by atoms with van der Waals surface area (Å²) in [6.07, 6.45) is 3.37. The topological polar surface area (TPSA) is 72.9 Å². The Morgan fingerprint density at radius 1 is 1.56 bits per heavy atom. The Morgan fingerprint density at radius 2 is 2.33 bits per heavy atom. The number of rotatable bonds is 3. The van der Waals surface area contributed by atoms with Gasteiger partial charge in [0, 0.05) is 18.1 Å². The van der Waals surface area contributed by atoms with Gasteiger partial charge in [0.05, 0.1) is 10.7 Å². The van der Waals surface area contributed by atoms with Crippen LogP contribution in [0, 0.1) is 0 Å². The van der Waals surface area contributed by atoms with Gasteiger partial charge < -0.3 is 11.1 Å². The van der Waals surface area contributed by atoms with Crippen molar-refractivity contribution in [2.45, 2.75) is 13.0 Å². The van der Waals surface area contributed by atoms with Gasteiger partial charge in [-0.1, -0.05) is 11.6 Å². The molecule has 0 aliphatic rings. The lowest BCUT2D eigenvalue weighted by molar-refractivity contribution is -0.119. The van der Waals surface area contributed by atoms with Gasteiger partial charge in [0.1, 0.15) is 6.04 Å². The van der Waals surface area contributed by atoms with Crippen LogP contribution in [0.25, 0.3) is 0 Å². The average Bonchev–Trinajstić information content (AvgIpc) is 2.86. The molecule has 18 heavy (non-hydrogen) atoms. The quantitative estimate of drug-likeness (QED) is 0.836. The summed E-state index contributed by atoms with van der Waals surface area (Å²) in [6.45, 7) is 1.77. The number of hydrogen-bond donors (Lipinski definition) is 2. The third-order valence-corrected chi connectivity index (χ3v) is 2.91. The van der Waals surface area contributed by atoms with Crippen molar-refractivity contribution in [3.05, 3.63) is 41.7 Å². The van der Waals surface area contributed by atoms with Crippen molar-refractivity contribution in [2.75, 3.05) is 11.1 Å². The molecular formula is C12H13ClN4O. The van der Waals surface area contributed by atoms with Crippen LogP contribution >= 0.6 is 11.6 Å². The SMILES string of the molecule is CC(C(=O)Nc1ccc(Cl)c(N)c1)n1cccn1. The van der Waals surface area contributed by atoms with Crippen LogP contribution in [0.2, 0.25) is 5.02 Å². The molecule has 2 aromatic rings. The van der Waals surface area contributed by atoms with Crippen LogP contribution in [-0.2, 0) is 4.79 Å². The fraction of sp³-hybridized carbons (Fsp3) is 0.167. The first-order valence-corrected chi connectivity index (χ1v) is 5.81. The van der Waals surface area contributed by atoms with E-state index in [1.54, 1.807) is 48.3 Å². The van der Waals surface area contributed by atoms with Gasteiger partial charge in [-0.05, 0) is 31.2 Å². The highest BCUT2D eigenvalue weighted by Gasteiger charge is 2.15. The number of nitrogen functional groups attached to an aromatic ring is 1. The first-order chi connectivity index (χ1) is 8.58. The van der Waals surface area contributed by atoms with Gasteiger partial charge in [-0.15, -0.1) is 0 Å². The van der Waals surface area contributed by atoms with Crippen molar-refractivity contribution >= 4 is 28.9 Å². The molecule has 6 heteroatoms. The zero-order valence-corrected chi connectivity index (χ0v) is 10.6. The summed E-state index contributed by atoms with van der Waals surface area (Å²) in [4.78, 5) is 12.0. The number of carbonyl (C=O) groups excluding carboxylic acids is 1. The lowest BCUT2D eigenvalue weighted by Crippen LogP contribution is -2.24. The number of nitrogens with one attached hydrogen (secondary N) is 1. The van der Waals surface area contributed by atoms with Crippen LogP contribution in [0.15, 0.2) is 36.7 Å². The maximum Gasteiger partial charge on any atom is 0.248 e. The number of anilines is 2. The lowest BCUT2D eigenvalue weighted by Gasteiger charge is -2.13. The number of nitrogens with zero attached hydrogens (tertiary/aromatic N) is 2. The second-order valence-electron chi connectivity index (χ2n) is 3.89. The largest absolute Gasteiger partial charge is 0.397 e. The van der Waals surface area contributed by atoms with E-state index < -0.39 is 6.04 Å². The molecule has 0 saturated carbocycles. The van der Waals surface area contributed by atoms with Crippen LogP contribution < -0.4 is 11.1 Å². The molecule has 3 N–H and O–H groups in total. The van der Waals surface area contributed by atoms with E-state index in [-0.39, 0.29) is 5.91 Å². The molecule has 0 aliphatic carbocycles. The van der Waals surface area contributed by atoms with Gasteiger partial charge in [-0.25, -0.2) is 0 Å². The molecule has 0 aliphatic heterocycles. The Bertz CT molecular complexity index is 553. The molecule has 5 nitrogen and oxygen atoms in total. The smallest absolute Gasteiger partial charge is 0.248 e. The highest BCUT2D eigenvalue weighted by molar-refractivity contribution is 6.33. The molecule has 1 heterocycles.